The van der Waals surface area contributed by atoms with Gasteiger partial charge in [0.1, 0.15) is 11.5 Å². The van der Waals surface area contributed by atoms with Crippen molar-refractivity contribution in [3.05, 3.63) is 70.8 Å². The summed E-state index contributed by atoms with van der Waals surface area (Å²) < 4.78 is 58.9. The van der Waals surface area contributed by atoms with Gasteiger partial charge in [0.15, 0.2) is 0 Å². The van der Waals surface area contributed by atoms with Crippen LogP contribution in [0.4, 0.5) is 0 Å². The molecule has 0 radical (unpaired) electrons. The van der Waals surface area contributed by atoms with Gasteiger partial charge in [0, 0.05) is 0 Å². The summed E-state index contributed by atoms with van der Waals surface area (Å²) in [5, 5.41) is 0. The fourth-order valence-corrected chi connectivity index (χ4v) is 3.12. The van der Waals surface area contributed by atoms with Crippen LogP contribution in [0.15, 0.2) is 48.5 Å². The van der Waals surface area contributed by atoms with E-state index in [1.165, 1.54) is 0 Å². The Balaban J connectivity index is 0.000000240. The summed E-state index contributed by atoms with van der Waals surface area (Å²) in [7, 11) is -7.78. The minimum absolute atomic E-state index is 0.311. The minimum atomic E-state index is -3.89. The normalized spacial score (nSPS) is 11.5. The highest BCUT2D eigenvalue weighted by Crippen LogP contribution is 2.07. The van der Waals surface area contributed by atoms with Gasteiger partial charge in [0.2, 0.25) is 0 Å². The van der Waals surface area contributed by atoms with Crippen molar-refractivity contribution in [2.24, 2.45) is 0 Å². The lowest BCUT2D eigenvalue weighted by Gasteiger charge is -1.98. The van der Waals surface area contributed by atoms with Crippen LogP contribution in [-0.4, -0.2) is 25.9 Å². The van der Waals surface area contributed by atoms with Gasteiger partial charge in [-0.25, -0.2) is 0 Å². The molecule has 0 spiro atoms. The average molecular weight is 372 g/mol. The molecule has 0 aliphatic heterocycles. The summed E-state index contributed by atoms with van der Waals surface area (Å²) in [6.07, 6.45) is 0. The molecule has 8 heteroatoms. The van der Waals surface area contributed by atoms with Gasteiger partial charge in [-0.3, -0.25) is 9.11 Å². The van der Waals surface area contributed by atoms with Gasteiger partial charge in [-0.2, -0.15) is 16.8 Å². The van der Waals surface area contributed by atoms with Crippen molar-refractivity contribution in [3.8, 4) is 0 Å². The zero-order valence-corrected chi connectivity index (χ0v) is 15.0. The highest BCUT2D eigenvalue weighted by molar-refractivity contribution is 7.85. The van der Waals surface area contributed by atoms with Crippen LogP contribution in [0.1, 0.15) is 22.3 Å². The lowest BCUT2D eigenvalue weighted by atomic mass is 10.2. The first-order valence-corrected chi connectivity index (χ1v) is 10.2. The van der Waals surface area contributed by atoms with E-state index >= 15 is 0 Å². The summed E-state index contributed by atoms with van der Waals surface area (Å²) in [6.45, 7) is 3.78. The second-order valence-electron chi connectivity index (χ2n) is 5.43. The summed E-state index contributed by atoms with van der Waals surface area (Å²) in [4.78, 5) is 0. The maximum Gasteiger partial charge on any atom is 0.269 e. The maximum atomic E-state index is 10.5. The first-order chi connectivity index (χ1) is 10.9. The van der Waals surface area contributed by atoms with Gasteiger partial charge < -0.3 is 0 Å². The zero-order chi connectivity index (χ0) is 18.4. The minimum Gasteiger partial charge on any atom is -0.285 e. The molecule has 0 saturated carbocycles. The Hall–Kier alpha value is -1.74. The first-order valence-electron chi connectivity index (χ1n) is 6.96. The van der Waals surface area contributed by atoms with Crippen LogP contribution in [0.5, 0.6) is 0 Å². The smallest absolute Gasteiger partial charge is 0.269 e. The van der Waals surface area contributed by atoms with E-state index in [9.17, 15) is 16.8 Å². The molecular formula is C16H20O6S2. The predicted octanol–water partition coefficient (Wildman–Crippen LogP) is 2.77. The van der Waals surface area contributed by atoms with Crippen LogP contribution in [-0.2, 0) is 31.7 Å². The molecule has 2 aromatic carbocycles. The molecule has 0 fully saturated rings. The Morgan fingerprint density at radius 2 is 1.21 bits per heavy atom. The molecule has 2 N–H and O–H groups in total. The van der Waals surface area contributed by atoms with E-state index in [1.807, 2.05) is 19.9 Å². The molecule has 0 heterocycles. The molecular weight excluding hydrogens is 352 g/mol. The van der Waals surface area contributed by atoms with Crippen molar-refractivity contribution in [3.63, 3.8) is 0 Å². The third kappa shape index (κ3) is 9.41. The number of rotatable bonds is 4. The number of benzene rings is 2. The van der Waals surface area contributed by atoms with E-state index in [-0.39, 0.29) is 11.5 Å². The fourth-order valence-electron chi connectivity index (χ4n) is 1.91. The molecule has 0 bridgehead atoms. The van der Waals surface area contributed by atoms with E-state index in [4.69, 9.17) is 9.11 Å². The Labute approximate surface area is 142 Å². The molecule has 6 nitrogen and oxygen atoms in total. The lowest BCUT2D eigenvalue weighted by Crippen LogP contribution is -2.01. The molecule has 0 saturated heterocycles. The standard InChI is InChI=1S/2C8H10O3S/c1-7-2-4-8(5-3-7)6-12(9,10)11;1-7-3-2-4-8(5-7)6-12(9,10)11/h2*2-5H,6H2,1H3,(H,9,10,11). The highest BCUT2D eigenvalue weighted by atomic mass is 32.2. The highest BCUT2D eigenvalue weighted by Gasteiger charge is 2.06. The molecule has 0 aliphatic rings. The fraction of sp³-hybridized carbons (Fsp3) is 0.250. The molecule has 0 unspecified atom stereocenters. The van der Waals surface area contributed by atoms with Crippen molar-refractivity contribution in [1.82, 2.24) is 0 Å². The number of hydrogen-bond acceptors (Lipinski definition) is 4. The molecule has 0 aliphatic carbocycles. The van der Waals surface area contributed by atoms with E-state index in [0.717, 1.165) is 11.1 Å². The molecule has 0 atom stereocenters. The van der Waals surface area contributed by atoms with Crippen LogP contribution in [0.3, 0.4) is 0 Å². The molecule has 132 valence electrons. The Morgan fingerprint density at radius 3 is 1.67 bits per heavy atom. The summed E-state index contributed by atoms with van der Waals surface area (Å²) in [5.74, 6) is -0.623. The summed E-state index contributed by atoms with van der Waals surface area (Å²) in [5.41, 5.74) is 3.26. The van der Waals surface area contributed by atoms with Gasteiger partial charge in [0.25, 0.3) is 20.2 Å². The van der Waals surface area contributed by atoms with Crippen LogP contribution >= 0.6 is 0 Å². The monoisotopic (exact) mass is 372 g/mol. The molecule has 0 aromatic heterocycles. The third-order valence-electron chi connectivity index (χ3n) is 2.90. The SMILES string of the molecule is Cc1ccc(CS(=O)(=O)O)cc1.Cc1cccc(CS(=O)(=O)O)c1. The van der Waals surface area contributed by atoms with Gasteiger partial charge in [-0.15, -0.1) is 0 Å². The van der Waals surface area contributed by atoms with Crippen molar-refractivity contribution in [1.29, 1.82) is 0 Å². The maximum absolute atomic E-state index is 10.5. The second-order valence-corrected chi connectivity index (χ2v) is 8.33. The predicted molar refractivity (Wildman–Crippen MR) is 92.9 cm³/mol. The van der Waals surface area contributed by atoms with Crippen LogP contribution in [0.2, 0.25) is 0 Å². The van der Waals surface area contributed by atoms with Gasteiger partial charge in [-0.1, -0.05) is 59.7 Å². The first kappa shape index (κ1) is 20.3. The topological polar surface area (TPSA) is 109 Å². The van der Waals surface area contributed by atoms with Crippen molar-refractivity contribution >= 4 is 20.2 Å². The second kappa shape index (κ2) is 8.39. The van der Waals surface area contributed by atoms with Gasteiger partial charge in [-0.05, 0) is 25.0 Å². The molecule has 0 amide bonds. The van der Waals surface area contributed by atoms with Crippen LogP contribution in [0, 0.1) is 13.8 Å². The van der Waals surface area contributed by atoms with E-state index < -0.39 is 20.2 Å². The van der Waals surface area contributed by atoms with Gasteiger partial charge in [0.05, 0.1) is 0 Å². The number of hydrogen-bond donors (Lipinski definition) is 2. The lowest BCUT2D eigenvalue weighted by molar-refractivity contribution is 0.479. The Kier molecular flexibility index (Phi) is 7.09. The molecule has 2 aromatic rings. The Morgan fingerprint density at radius 1 is 0.708 bits per heavy atom. The van der Waals surface area contributed by atoms with Crippen LogP contribution in [0.25, 0.3) is 0 Å². The Bertz CT molecular complexity index is 869. The molecule has 24 heavy (non-hydrogen) atoms. The van der Waals surface area contributed by atoms with Gasteiger partial charge >= 0.3 is 0 Å². The van der Waals surface area contributed by atoms with Crippen LogP contribution < -0.4 is 0 Å². The van der Waals surface area contributed by atoms with Crippen molar-refractivity contribution < 1.29 is 25.9 Å². The van der Waals surface area contributed by atoms with E-state index in [0.29, 0.717) is 11.1 Å². The third-order valence-corrected chi connectivity index (χ3v) is 4.30. The van der Waals surface area contributed by atoms with Crippen molar-refractivity contribution in [2.45, 2.75) is 25.4 Å². The largest absolute Gasteiger partial charge is 0.285 e. The van der Waals surface area contributed by atoms with E-state index in [1.54, 1.807) is 42.5 Å². The van der Waals surface area contributed by atoms with Crippen molar-refractivity contribution in [2.75, 3.05) is 0 Å². The summed E-state index contributed by atoms with van der Waals surface area (Å²) >= 11 is 0. The summed E-state index contributed by atoms with van der Waals surface area (Å²) in [6, 6.07) is 14.0. The van der Waals surface area contributed by atoms with E-state index in [2.05, 4.69) is 0 Å². The average Bonchev–Trinajstić information content (AvgIpc) is 2.39. The quantitative estimate of drug-likeness (QED) is 0.799. The number of aryl methyl sites for hydroxylation is 2. The zero-order valence-electron chi connectivity index (χ0n) is 13.4. The molecule has 2 rings (SSSR count).